The maximum absolute atomic E-state index is 12.2. The van der Waals surface area contributed by atoms with E-state index in [1.165, 1.54) is 0 Å². The average molecular weight is 399 g/mol. The van der Waals surface area contributed by atoms with Gasteiger partial charge in [0.15, 0.2) is 0 Å². The van der Waals surface area contributed by atoms with Crippen molar-refractivity contribution in [2.45, 2.75) is 57.0 Å². The molecule has 27 heavy (non-hydrogen) atoms. The number of hydrogen-bond acceptors (Lipinski definition) is 6. The van der Waals surface area contributed by atoms with E-state index in [1.54, 1.807) is 24.3 Å². The Labute approximate surface area is 164 Å². The second-order valence-corrected chi connectivity index (χ2v) is 9.27. The molecule has 0 amide bonds. The van der Waals surface area contributed by atoms with Crippen LogP contribution < -0.4 is 10.1 Å². The zero-order valence-corrected chi connectivity index (χ0v) is 17.7. The van der Waals surface area contributed by atoms with Crippen LogP contribution in [0.15, 0.2) is 29.2 Å². The van der Waals surface area contributed by atoms with E-state index in [1.807, 2.05) is 0 Å². The number of benzene rings is 1. The van der Waals surface area contributed by atoms with E-state index in [0.717, 1.165) is 58.4 Å². The lowest BCUT2D eigenvalue weighted by molar-refractivity contribution is 0.0808. The first-order chi connectivity index (χ1) is 12.8. The van der Waals surface area contributed by atoms with Crippen LogP contribution in [0.2, 0.25) is 0 Å². The molecule has 7 heteroatoms. The zero-order chi connectivity index (χ0) is 19.8. The van der Waals surface area contributed by atoms with Crippen molar-refractivity contribution in [3.05, 3.63) is 24.3 Å². The summed E-state index contributed by atoms with van der Waals surface area (Å²) in [5.41, 5.74) is -0.318. The van der Waals surface area contributed by atoms with Crippen molar-refractivity contribution in [3.63, 3.8) is 0 Å². The molecule has 1 heterocycles. The lowest BCUT2D eigenvalue weighted by atomic mass is 10.0. The van der Waals surface area contributed by atoms with Gasteiger partial charge in [-0.25, -0.2) is 0 Å². The van der Waals surface area contributed by atoms with Crippen LogP contribution in [0.4, 0.5) is 0 Å². The summed E-state index contributed by atoms with van der Waals surface area (Å²) in [6.07, 6.45) is 3.65. The Morgan fingerprint density at radius 2 is 1.78 bits per heavy atom. The van der Waals surface area contributed by atoms with Crippen LogP contribution in [0.1, 0.15) is 46.5 Å². The van der Waals surface area contributed by atoms with Gasteiger partial charge in [-0.15, -0.1) is 0 Å². The van der Waals surface area contributed by atoms with Gasteiger partial charge in [-0.05, 0) is 51.0 Å². The van der Waals surface area contributed by atoms with Gasteiger partial charge in [-0.2, -0.15) is 8.42 Å². The number of nitrogens with zero attached hydrogens (tertiary/aromatic N) is 1. The van der Waals surface area contributed by atoms with Crippen molar-refractivity contribution in [1.29, 1.82) is 0 Å². The molecule has 0 bridgehead atoms. The van der Waals surface area contributed by atoms with Gasteiger partial charge >= 0.3 is 0 Å². The standard InChI is InChI=1S/C20H34N2O4S/c1-4-5-6-17-25-27(23,24)19-9-7-18(8-10-19)26-20(2,3)11-14-22-15-12-21-13-16-22/h7-10,21H,4-6,11-17H2,1-3H3. The van der Waals surface area contributed by atoms with Gasteiger partial charge in [0.05, 0.1) is 11.5 Å². The predicted octanol–water partition coefficient (Wildman–Crippen LogP) is 3.03. The molecule has 1 saturated heterocycles. The molecular weight excluding hydrogens is 364 g/mol. The summed E-state index contributed by atoms with van der Waals surface area (Å²) >= 11 is 0. The summed E-state index contributed by atoms with van der Waals surface area (Å²) in [5.74, 6) is 0.672. The maximum Gasteiger partial charge on any atom is 0.296 e. The normalized spacial score (nSPS) is 16.4. The molecule has 6 nitrogen and oxygen atoms in total. The molecule has 0 aliphatic carbocycles. The Balaban J connectivity index is 1.86. The third-order valence-electron chi connectivity index (χ3n) is 4.73. The topological polar surface area (TPSA) is 67.9 Å². The number of piperazine rings is 1. The summed E-state index contributed by atoms with van der Waals surface area (Å²) < 4.78 is 35.6. The zero-order valence-electron chi connectivity index (χ0n) is 16.9. The molecule has 1 aromatic rings. The van der Waals surface area contributed by atoms with Gasteiger partial charge in [0, 0.05) is 32.7 Å². The van der Waals surface area contributed by atoms with Crippen molar-refractivity contribution >= 4 is 10.1 Å². The SMILES string of the molecule is CCCCCOS(=O)(=O)c1ccc(OC(C)(C)CCN2CCNCC2)cc1. The van der Waals surface area contributed by atoms with Crippen molar-refractivity contribution in [1.82, 2.24) is 10.2 Å². The Kier molecular flexibility index (Phi) is 8.54. The van der Waals surface area contributed by atoms with E-state index in [2.05, 4.69) is 31.0 Å². The molecule has 1 aromatic carbocycles. The molecule has 0 spiro atoms. The van der Waals surface area contributed by atoms with Gasteiger partial charge in [0.2, 0.25) is 0 Å². The van der Waals surface area contributed by atoms with Gasteiger partial charge in [0.1, 0.15) is 11.4 Å². The molecule has 154 valence electrons. The quantitative estimate of drug-likeness (QED) is 0.456. The molecule has 0 atom stereocenters. The lowest BCUT2D eigenvalue weighted by Gasteiger charge is -2.32. The monoisotopic (exact) mass is 398 g/mol. The highest BCUT2D eigenvalue weighted by Gasteiger charge is 2.22. The van der Waals surface area contributed by atoms with Crippen molar-refractivity contribution in [3.8, 4) is 5.75 Å². The highest BCUT2D eigenvalue weighted by molar-refractivity contribution is 7.86. The third-order valence-corrected chi connectivity index (χ3v) is 6.06. The van der Waals surface area contributed by atoms with Crippen molar-refractivity contribution < 1.29 is 17.3 Å². The lowest BCUT2D eigenvalue weighted by Crippen LogP contribution is -2.45. The van der Waals surface area contributed by atoms with Gasteiger partial charge < -0.3 is 15.0 Å². The molecule has 0 aromatic heterocycles. The minimum absolute atomic E-state index is 0.171. The molecule has 1 N–H and O–H groups in total. The first-order valence-corrected chi connectivity index (χ1v) is 11.3. The summed E-state index contributed by atoms with van der Waals surface area (Å²) in [5, 5.41) is 3.36. The predicted molar refractivity (Wildman–Crippen MR) is 108 cm³/mol. The largest absolute Gasteiger partial charge is 0.488 e. The van der Waals surface area contributed by atoms with Crippen LogP contribution in [-0.4, -0.2) is 58.2 Å². The first kappa shape index (κ1) is 22.1. The van der Waals surface area contributed by atoms with E-state index >= 15 is 0 Å². The van der Waals surface area contributed by atoms with Crippen LogP contribution in [-0.2, 0) is 14.3 Å². The van der Waals surface area contributed by atoms with Gasteiger partial charge in [-0.3, -0.25) is 4.18 Å². The van der Waals surface area contributed by atoms with E-state index in [9.17, 15) is 8.42 Å². The van der Waals surface area contributed by atoms with Crippen molar-refractivity contribution in [2.24, 2.45) is 0 Å². The Morgan fingerprint density at radius 1 is 1.11 bits per heavy atom. The van der Waals surface area contributed by atoms with Gasteiger partial charge in [-0.1, -0.05) is 19.8 Å². The molecular formula is C20H34N2O4S. The molecule has 0 radical (unpaired) electrons. The first-order valence-electron chi connectivity index (χ1n) is 9.94. The van der Waals surface area contributed by atoms with Crippen molar-refractivity contribution in [2.75, 3.05) is 39.3 Å². The fourth-order valence-electron chi connectivity index (χ4n) is 3.00. The highest BCUT2D eigenvalue weighted by Crippen LogP contribution is 2.24. The number of unbranched alkanes of at least 4 members (excludes halogenated alkanes) is 2. The van der Waals surface area contributed by atoms with E-state index in [0.29, 0.717) is 5.75 Å². The smallest absolute Gasteiger partial charge is 0.296 e. The minimum atomic E-state index is -3.69. The summed E-state index contributed by atoms with van der Waals surface area (Å²) in [7, 11) is -3.69. The number of rotatable bonds is 11. The summed E-state index contributed by atoms with van der Waals surface area (Å²) in [4.78, 5) is 2.61. The fraction of sp³-hybridized carbons (Fsp3) is 0.700. The number of nitrogens with one attached hydrogen (secondary N) is 1. The summed E-state index contributed by atoms with van der Waals surface area (Å²) in [6, 6.07) is 6.51. The molecule has 2 rings (SSSR count). The highest BCUT2D eigenvalue weighted by atomic mass is 32.2. The molecule has 1 aliphatic rings. The van der Waals surface area contributed by atoms with Crippen LogP contribution in [0.25, 0.3) is 0 Å². The molecule has 1 fully saturated rings. The summed E-state index contributed by atoms with van der Waals surface area (Å²) in [6.45, 7) is 11.6. The minimum Gasteiger partial charge on any atom is -0.488 e. The second-order valence-electron chi connectivity index (χ2n) is 7.66. The van der Waals surface area contributed by atoms with Crippen LogP contribution >= 0.6 is 0 Å². The van der Waals surface area contributed by atoms with E-state index in [-0.39, 0.29) is 17.1 Å². The average Bonchev–Trinajstić information content (AvgIpc) is 2.65. The number of hydrogen-bond donors (Lipinski definition) is 1. The Hall–Kier alpha value is -1.15. The molecule has 0 unspecified atom stereocenters. The van der Waals surface area contributed by atoms with Crippen LogP contribution in [0.5, 0.6) is 5.75 Å². The molecule has 0 saturated carbocycles. The second kappa shape index (κ2) is 10.4. The Morgan fingerprint density at radius 3 is 2.41 bits per heavy atom. The molecule has 1 aliphatic heterocycles. The van der Waals surface area contributed by atoms with Crippen LogP contribution in [0.3, 0.4) is 0 Å². The number of ether oxygens (including phenoxy) is 1. The van der Waals surface area contributed by atoms with Crippen LogP contribution in [0, 0.1) is 0 Å². The third kappa shape index (κ3) is 7.78. The fourth-order valence-corrected chi connectivity index (χ4v) is 3.94. The van der Waals surface area contributed by atoms with Gasteiger partial charge in [0.25, 0.3) is 10.1 Å². The maximum atomic E-state index is 12.2. The van der Waals surface area contributed by atoms with E-state index < -0.39 is 10.1 Å². The Bertz CT molecular complexity index is 653. The van der Waals surface area contributed by atoms with E-state index in [4.69, 9.17) is 8.92 Å².